The minimum absolute atomic E-state index is 0.533. The smallest absolute Gasteiger partial charge is 0.123 e. The quantitative estimate of drug-likeness (QED) is 0.739. The van der Waals surface area contributed by atoms with Crippen molar-refractivity contribution < 1.29 is 0 Å². The van der Waals surface area contributed by atoms with Crippen molar-refractivity contribution in [3.8, 4) is 11.1 Å². The number of anilines is 1. The van der Waals surface area contributed by atoms with Crippen molar-refractivity contribution in [3.63, 3.8) is 0 Å². The highest BCUT2D eigenvalue weighted by Crippen LogP contribution is 2.21. The average molecular weight is 185 g/mol. The monoisotopic (exact) mass is 185 g/mol. The second-order valence-corrected chi connectivity index (χ2v) is 3.11. The van der Waals surface area contributed by atoms with E-state index in [4.69, 9.17) is 5.73 Å². The van der Waals surface area contributed by atoms with Gasteiger partial charge in [0.15, 0.2) is 0 Å². The van der Waals surface area contributed by atoms with Crippen LogP contribution in [0.1, 0.15) is 5.69 Å². The van der Waals surface area contributed by atoms with Crippen LogP contribution in [0.2, 0.25) is 0 Å². The molecule has 0 aliphatic carbocycles. The molecule has 0 saturated heterocycles. The summed E-state index contributed by atoms with van der Waals surface area (Å²) in [6.07, 6.45) is 3.49. The van der Waals surface area contributed by atoms with Crippen LogP contribution >= 0.6 is 0 Å². The van der Waals surface area contributed by atoms with E-state index in [0.717, 1.165) is 16.8 Å². The number of nitrogen functional groups attached to an aromatic ring is 1. The summed E-state index contributed by atoms with van der Waals surface area (Å²) in [5, 5.41) is 0. The molecular formula is C11H11N3. The fourth-order valence-electron chi connectivity index (χ4n) is 1.41. The van der Waals surface area contributed by atoms with Gasteiger partial charge in [-0.3, -0.25) is 4.98 Å². The Kier molecular flexibility index (Phi) is 2.14. The second-order valence-electron chi connectivity index (χ2n) is 3.11. The fraction of sp³-hybridized carbons (Fsp3) is 0.0909. The number of nitrogens with zero attached hydrogens (tertiary/aromatic N) is 2. The third-order valence-corrected chi connectivity index (χ3v) is 2.10. The lowest BCUT2D eigenvalue weighted by Crippen LogP contribution is -1.91. The summed E-state index contributed by atoms with van der Waals surface area (Å²) in [6, 6.07) is 7.72. The van der Waals surface area contributed by atoms with Crippen molar-refractivity contribution in [1.82, 2.24) is 9.97 Å². The van der Waals surface area contributed by atoms with Gasteiger partial charge in [0.05, 0.1) is 0 Å². The van der Waals surface area contributed by atoms with E-state index in [0.29, 0.717) is 5.82 Å². The van der Waals surface area contributed by atoms with Gasteiger partial charge >= 0.3 is 0 Å². The van der Waals surface area contributed by atoms with Crippen molar-refractivity contribution in [2.75, 3.05) is 5.73 Å². The Bertz CT molecular complexity index is 452. The van der Waals surface area contributed by atoms with Crippen LogP contribution in [0.25, 0.3) is 11.1 Å². The summed E-state index contributed by atoms with van der Waals surface area (Å²) >= 11 is 0. The first-order chi connectivity index (χ1) is 6.77. The van der Waals surface area contributed by atoms with E-state index in [-0.39, 0.29) is 0 Å². The zero-order valence-corrected chi connectivity index (χ0v) is 7.94. The van der Waals surface area contributed by atoms with E-state index in [1.807, 2.05) is 31.2 Å². The number of aryl methyl sites for hydroxylation is 1. The van der Waals surface area contributed by atoms with Crippen LogP contribution in [0.4, 0.5) is 5.82 Å². The minimum Gasteiger partial charge on any atom is -0.384 e. The molecule has 0 aliphatic heterocycles. The summed E-state index contributed by atoms with van der Waals surface area (Å²) in [5.41, 5.74) is 8.77. The minimum atomic E-state index is 0.533. The van der Waals surface area contributed by atoms with Crippen LogP contribution in [0.3, 0.4) is 0 Å². The van der Waals surface area contributed by atoms with Gasteiger partial charge < -0.3 is 5.73 Å². The van der Waals surface area contributed by atoms with Gasteiger partial charge in [-0.15, -0.1) is 0 Å². The number of nitrogens with two attached hydrogens (primary N) is 1. The molecule has 0 amide bonds. The Balaban J connectivity index is 2.55. The molecule has 2 aromatic rings. The number of hydrogen-bond acceptors (Lipinski definition) is 3. The standard InChI is InChI=1S/C11H11N3/c1-8-10(3-2-5-13-8)9-4-6-14-11(12)7-9/h2-7H,1H3,(H2,12,14). The summed E-state index contributed by atoms with van der Waals surface area (Å²) in [6.45, 7) is 1.98. The van der Waals surface area contributed by atoms with Crippen LogP contribution in [-0.4, -0.2) is 9.97 Å². The number of hydrogen-bond donors (Lipinski definition) is 1. The fourth-order valence-corrected chi connectivity index (χ4v) is 1.41. The lowest BCUT2D eigenvalue weighted by atomic mass is 10.1. The maximum atomic E-state index is 5.61. The molecule has 0 atom stereocenters. The molecule has 2 rings (SSSR count). The SMILES string of the molecule is Cc1ncccc1-c1ccnc(N)c1. The highest BCUT2D eigenvalue weighted by molar-refractivity contribution is 5.67. The van der Waals surface area contributed by atoms with E-state index >= 15 is 0 Å². The number of rotatable bonds is 1. The van der Waals surface area contributed by atoms with Gasteiger partial charge in [-0.25, -0.2) is 4.98 Å². The number of pyridine rings is 2. The molecule has 0 saturated carbocycles. The van der Waals surface area contributed by atoms with Gasteiger partial charge in [0, 0.05) is 23.7 Å². The molecule has 3 nitrogen and oxygen atoms in total. The maximum Gasteiger partial charge on any atom is 0.123 e. The zero-order chi connectivity index (χ0) is 9.97. The van der Waals surface area contributed by atoms with E-state index in [1.165, 1.54) is 0 Å². The van der Waals surface area contributed by atoms with Crippen molar-refractivity contribution >= 4 is 5.82 Å². The highest BCUT2D eigenvalue weighted by Gasteiger charge is 2.01. The molecule has 0 spiro atoms. The molecule has 2 heterocycles. The van der Waals surface area contributed by atoms with Gasteiger partial charge in [0.1, 0.15) is 5.82 Å². The van der Waals surface area contributed by atoms with Crippen molar-refractivity contribution in [2.45, 2.75) is 6.92 Å². The molecule has 0 fully saturated rings. The van der Waals surface area contributed by atoms with Crippen LogP contribution in [0.15, 0.2) is 36.7 Å². The Morgan fingerprint density at radius 3 is 2.71 bits per heavy atom. The first-order valence-electron chi connectivity index (χ1n) is 4.41. The molecular weight excluding hydrogens is 174 g/mol. The van der Waals surface area contributed by atoms with Crippen molar-refractivity contribution in [3.05, 3.63) is 42.4 Å². The lowest BCUT2D eigenvalue weighted by molar-refractivity contribution is 1.20. The normalized spacial score (nSPS) is 10.1. The Hall–Kier alpha value is -1.90. The van der Waals surface area contributed by atoms with Gasteiger partial charge in [-0.2, -0.15) is 0 Å². The van der Waals surface area contributed by atoms with E-state index in [1.54, 1.807) is 12.4 Å². The van der Waals surface area contributed by atoms with Crippen LogP contribution in [0, 0.1) is 6.92 Å². The Morgan fingerprint density at radius 1 is 1.14 bits per heavy atom. The molecule has 0 unspecified atom stereocenters. The molecule has 70 valence electrons. The van der Waals surface area contributed by atoms with Gasteiger partial charge in [-0.1, -0.05) is 6.07 Å². The maximum absolute atomic E-state index is 5.61. The summed E-state index contributed by atoms with van der Waals surface area (Å²) < 4.78 is 0. The largest absolute Gasteiger partial charge is 0.384 e. The van der Waals surface area contributed by atoms with Crippen LogP contribution < -0.4 is 5.73 Å². The Morgan fingerprint density at radius 2 is 2.00 bits per heavy atom. The van der Waals surface area contributed by atoms with Crippen LogP contribution in [0.5, 0.6) is 0 Å². The molecule has 0 bridgehead atoms. The zero-order valence-electron chi connectivity index (χ0n) is 7.94. The molecule has 2 N–H and O–H groups in total. The second kappa shape index (κ2) is 3.46. The molecule has 0 aromatic carbocycles. The third-order valence-electron chi connectivity index (χ3n) is 2.10. The highest BCUT2D eigenvalue weighted by atomic mass is 14.8. The van der Waals surface area contributed by atoms with E-state index in [9.17, 15) is 0 Å². The third kappa shape index (κ3) is 1.57. The van der Waals surface area contributed by atoms with E-state index in [2.05, 4.69) is 9.97 Å². The average Bonchev–Trinajstić information content (AvgIpc) is 2.18. The first-order valence-corrected chi connectivity index (χ1v) is 4.41. The summed E-state index contributed by atoms with van der Waals surface area (Å²) in [7, 11) is 0. The summed E-state index contributed by atoms with van der Waals surface area (Å²) in [5.74, 6) is 0.533. The predicted molar refractivity (Wildman–Crippen MR) is 56.6 cm³/mol. The van der Waals surface area contributed by atoms with Gasteiger partial charge in [-0.05, 0) is 30.7 Å². The first kappa shape index (κ1) is 8.69. The molecule has 14 heavy (non-hydrogen) atoms. The van der Waals surface area contributed by atoms with Crippen LogP contribution in [-0.2, 0) is 0 Å². The van der Waals surface area contributed by atoms with Crippen molar-refractivity contribution in [2.24, 2.45) is 0 Å². The topological polar surface area (TPSA) is 51.8 Å². The number of aromatic nitrogens is 2. The molecule has 0 aliphatic rings. The predicted octanol–water partition coefficient (Wildman–Crippen LogP) is 2.03. The molecule has 2 aromatic heterocycles. The van der Waals surface area contributed by atoms with E-state index < -0.39 is 0 Å². The van der Waals surface area contributed by atoms with Crippen molar-refractivity contribution in [1.29, 1.82) is 0 Å². The molecule has 0 radical (unpaired) electrons. The molecule has 3 heteroatoms. The lowest BCUT2D eigenvalue weighted by Gasteiger charge is -2.04. The Labute approximate surface area is 82.6 Å². The summed E-state index contributed by atoms with van der Waals surface area (Å²) in [4.78, 5) is 8.18. The van der Waals surface area contributed by atoms with Gasteiger partial charge in [0.25, 0.3) is 0 Å². The van der Waals surface area contributed by atoms with Gasteiger partial charge in [0.2, 0.25) is 0 Å².